The number of fused-ring (bicyclic) bond motifs is 4. The van der Waals surface area contributed by atoms with E-state index in [0.29, 0.717) is 41.2 Å². The van der Waals surface area contributed by atoms with Crippen LogP contribution in [0.4, 0.5) is 19.0 Å². The Balaban J connectivity index is 1.40. The predicted molar refractivity (Wildman–Crippen MR) is 158 cm³/mol. The Morgan fingerprint density at radius 3 is 2.62 bits per heavy atom. The number of sulfonamides is 1. The van der Waals surface area contributed by atoms with Crippen LogP contribution in [0.15, 0.2) is 53.7 Å². The summed E-state index contributed by atoms with van der Waals surface area (Å²) in [5, 5.41) is 16.9. The largest absolute Gasteiger partial charge is 0.481 e. The molecule has 2 aliphatic heterocycles. The van der Waals surface area contributed by atoms with Crippen LogP contribution in [-0.4, -0.2) is 87.5 Å². The van der Waals surface area contributed by atoms with Gasteiger partial charge in [-0.2, -0.15) is 17.5 Å². The zero-order chi connectivity index (χ0) is 32.3. The molecule has 11 nitrogen and oxygen atoms in total. The van der Waals surface area contributed by atoms with Gasteiger partial charge in [-0.1, -0.05) is 18.2 Å². The van der Waals surface area contributed by atoms with Crippen molar-refractivity contribution in [3.63, 3.8) is 0 Å². The Kier molecular flexibility index (Phi) is 7.82. The number of nitrogens with zero attached hydrogens (tertiary/aromatic N) is 7. The number of carboxylic acid groups (broad SMARTS) is 1. The van der Waals surface area contributed by atoms with Gasteiger partial charge < -0.3 is 14.9 Å². The number of likely N-dealkylation sites (N-methyl/N-ethyl adjacent to an activating group) is 1. The number of piperazine rings is 1. The highest BCUT2D eigenvalue weighted by Gasteiger charge is 2.40. The van der Waals surface area contributed by atoms with Gasteiger partial charge in [0, 0.05) is 51.0 Å². The molecule has 3 aromatic heterocycles. The molecule has 238 valence electrons. The van der Waals surface area contributed by atoms with Gasteiger partial charge in [0.15, 0.2) is 5.65 Å². The lowest BCUT2D eigenvalue weighted by Gasteiger charge is -2.40. The van der Waals surface area contributed by atoms with Gasteiger partial charge in [0.2, 0.25) is 15.8 Å². The molecule has 0 saturated carbocycles. The summed E-state index contributed by atoms with van der Waals surface area (Å²) >= 11 is 0. The Morgan fingerprint density at radius 2 is 1.89 bits per heavy atom. The lowest BCUT2D eigenvalue weighted by Crippen LogP contribution is -2.55. The smallest absolute Gasteiger partial charge is 0.452 e. The molecule has 1 saturated heterocycles. The van der Waals surface area contributed by atoms with Crippen LogP contribution in [0.2, 0.25) is 0 Å². The number of hydrogen-bond acceptors (Lipinski definition) is 8. The van der Waals surface area contributed by atoms with Crippen molar-refractivity contribution in [3.8, 4) is 0 Å². The summed E-state index contributed by atoms with van der Waals surface area (Å²) in [6.45, 7) is 5.79. The normalized spacial score (nSPS) is 19.6. The lowest BCUT2D eigenvalue weighted by molar-refractivity contribution is -0.145. The number of halogens is 3. The van der Waals surface area contributed by atoms with Crippen LogP contribution < -0.4 is 4.90 Å². The van der Waals surface area contributed by atoms with E-state index in [1.807, 2.05) is 20.0 Å². The molecule has 1 fully saturated rings. The second kappa shape index (κ2) is 11.4. The maximum Gasteiger partial charge on any atom is 0.452 e. The van der Waals surface area contributed by atoms with E-state index in [4.69, 9.17) is 0 Å². The number of aliphatic carboxylic acids is 1. The van der Waals surface area contributed by atoms with Crippen molar-refractivity contribution in [2.24, 2.45) is 0 Å². The van der Waals surface area contributed by atoms with Crippen LogP contribution in [0.5, 0.6) is 0 Å². The number of hydrogen-bond donors (Lipinski definition) is 1. The molecule has 0 spiro atoms. The number of aryl methyl sites for hydroxylation is 2. The molecule has 4 aromatic rings. The topological polar surface area (TPSA) is 124 Å². The first kappa shape index (κ1) is 30.9. The Morgan fingerprint density at radius 1 is 1.11 bits per heavy atom. The van der Waals surface area contributed by atoms with E-state index in [-0.39, 0.29) is 36.1 Å². The van der Waals surface area contributed by atoms with Gasteiger partial charge in [0.05, 0.1) is 12.5 Å². The first-order chi connectivity index (χ1) is 21.3. The molecule has 0 amide bonds. The maximum absolute atomic E-state index is 14.1. The third kappa shape index (κ3) is 5.64. The van der Waals surface area contributed by atoms with Gasteiger partial charge in [0.25, 0.3) is 0 Å². The molecule has 1 aromatic carbocycles. The van der Waals surface area contributed by atoms with E-state index in [9.17, 15) is 31.5 Å². The van der Waals surface area contributed by atoms with Gasteiger partial charge in [-0.15, -0.1) is 10.2 Å². The van der Waals surface area contributed by atoms with Gasteiger partial charge in [-0.05, 0) is 66.9 Å². The van der Waals surface area contributed by atoms with E-state index in [1.165, 1.54) is 16.6 Å². The van der Waals surface area contributed by atoms with E-state index >= 15 is 0 Å². The number of anilines is 1. The average molecular weight is 644 g/mol. The van der Waals surface area contributed by atoms with Crippen LogP contribution in [-0.2, 0) is 27.5 Å². The molecule has 0 radical (unpaired) electrons. The fourth-order valence-electron chi connectivity index (χ4n) is 6.39. The van der Waals surface area contributed by atoms with Crippen LogP contribution >= 0.6 is 0 Å². The number of carboxylic acids is 1. The molecule has 15 heteroatoms. The van der Waals surface area contributed by atoms with Crippen LogP contribution in [0, 0.1) is 13.8 Å². The molecular formula is C30H32F3N7O4S. The Hall–Kier alpha value is -4.08. The van der Waals surface area contributed by atoms with Crippen molar-refractivity contribution in [2.45, 2.75) is 49.8 Å². The van der Waals surface area contributed by atoms with Gasteiger partial charge in [-0.25, -0.2) is 13.4 Å². The first-order valence-electron chi connectivity index (χ1n) is 14.4. The van der Waals surface area contributed by atoms with Gasteiger partial charge in [0.1, 0.15) is 10.7 Å². The zero-order valence-electron chi connectivity index (χ0n) is 24.9. The molecule has 5 heterocycles. The summed E-state index contributed by atoms with van der Waals surface area (Å²) in [4.78, 5) is 20.9. The predicted octanol–water partition coefficient (Wildman–Crippen LogP) is 3.69. The van der Waals surface area contributed by atoms with Crippen molar-refractivity contribution < 1.29 is 31.5 Å². The van der Waals surface area contributed by atoms with Crippen LogP contribution in [0.1, 0.15) is 46.0 Å². The Bertz CT molecular complexity index is 1900. The second-order valence-electron chi connectivity index (χ2n) is 11.7. The number of pyridine rings is 2. The summed E-state index contributed by atoms with van der Waals surface area (Å²) in [6, 6.07) is 9.90. The summed E-state index contributed by atoms with van der Waals surface area (Å²) < 4.78 is 70.8. The Labute approximate surface area is 258 Å². The minimum absolute atomic E-state index is 0.0208. The van der Waals surface area contributed by atoms with E-state index in [0.717, 1.165) is 16.5 Å². The highest BCUT2D eigenvalue weighted by Crippen LogP contribution is 2.37. The number of benzene rings is 1. The monoisotopic (exact) mass is 643 g/mol. The van der Waals surface area contributed by atoms with Gasteiger partial charge in [-0.3, -0.25) is 9.20 Å². The quantitative estimate of drug-likeness (QED) is 0.335. The molecule has 0 bridgehead atoms. The van der Waals surface area contributed by atoms with Crippen LogP contribution in [0.3, 0.4) is 0 Å². The minimum atomic E-state index is -4.71. The second-order valence-corrected chi connectivity index (χ2v) is 13.6. The molecule has 45 heavy (non-hydrogen) atoms. The lowest BCUT2D eigenvalue weighted by atomic mass is 9.85. The van der Waals surface area contributed by atoms with Crippen molar-refractivity contribution in [2.75, 3.05) is 38.1 Å². The summed E-state index contributed by atoms with van der Waals surface area (Å²) in [5.74, 6) is -2.57. The van der Waals surface area contributed by atoms with E-state index < -0.39 is 33.9 Å². The van der Waals surface area contributed by atoms with Crippen molar-refractivity contribution in [1.82, 2.24) is 28.8 Å². The maximum atomic E-state index is 14.1. The number of rotatable bonds is 6. The fourth-order valence-corrected chi connectivity index (χ4v) is 7.99. The fraction of sp³-hybridized carbons (Fsp3) is 0.400. The first-order valence-corrected chi connectivity index (χ1v) is 15.8. The number of alkyl halides is 3. The van der Waals surface area contributed by atoms with Gasteiger partial charge >= 0.3 is 12.1 Å². The standard InChI is InChI=1S/C30H32F3N7O4S/c1-18-6-7-20(24(14-26(41)42)23-8-10-40-27(19(23)2)35-36-29(40)30(31,32)33)13-21(18)15-38-17-22-16-37(3)11-12-39(22)28-25(45(38,43)44)5-4-9-34-28/h4-10,13,22,24H,11-12,14-17H2,1-3H3,(H,41,42)/t22-,24+/m1/s1. The SMILES string of the molecule is Cc1ccc([C@H](CC(=O)O)c2ccn3c(C(F)(F)F)nnc3c2C)cc1CN1C[C@H]2CN(C)CCN2c2ncccc2S1(=O)=O. The summed E-state index contributed by atoms with van der Waals surface area (Å²) in [7, 11) is -1.95. The van der Waals surface area contributed by atoms with Crippen LogP contribution in [0.25, 0.3) is 5.65 Å². The molecule has 6 rings (SSSR count). The number of aromatic nitrogens is 4. The molecule has 0 unspecified atom stereocenters. The average Bonchev–Trinajstić information content (AvgIpc) is 3.40. The highest BCUT2D eigenvalue weighted by molar-refractivity contribution is 7.89. The highest BCUT2D eigenvalue weighted by atomic mass is 32.2. The van der Waals surface area contributed by atoms with E-state index in [2.05, 4.69) is 25.0 Å². The number of carbonyl (C=O) groups is 1. The van der Waals surface area contributed by atoms with Crippen molar-refractivity contribution >= 4 is 27.5 Å². The van der Waals surface area contributed by atoms with Crippen molar-refractivity contribution in [3.05, 3.63) is 82.4 Å². The molecule has 0 aliphatic carbocycles. The van der Waals surface area contributed by atoms with E-state index in [1.54, 1.807) is 37.4 Å². The third-order valence-corrected chi connectivity index (χ3v) is 10.6. The summed E-state index contributed by atoms with van der Waals surface area (Å²) in [6.07, 6.45) is -2.26. The molecular weight excluding hydrogens is 611 g/mol. The molecule has 2 aliphatic rings. The third-order valence-electron chi connectivity index (χ3n) is 8.74. The summed E-state index contributed by atoms with van der Waals surface area (Å²) in [5.41, 5.74) is 2.94. The zero-order valence-corrected chi connectivity index (χ0v) is 25.7. The molecule has 2 atom stereocenters. The minimum Gasteiger partial charge on any atom is -0.481 e. The molecule has 1 N–H and O–H groups in total. The van der Waals surface area contributed by atoms with Crippen molar-refractivity contribution in [1.29, 1.82) is 0 Å².